The van der Waals surface area contributed by atoms with Crippen molar-refractivity contribution in [1.29, 1.82) is 0 Å². The summed E-state index contributed by atoms with van der Waals surface area (Å²) < 4.78 is 6.04. The highest BCUT2D eigenvalue weighted by molar-refractivity contribution is 9.10. The van der Waals surface area contributed by atoms with E-state index in [4.69, 9.17) is 10.3 Å². The van der Waals surface area contributed by atoms with Gasteiger partial charge in [0.2, 0.25) is 11.7 Å². The molecular formula is C11H13BrN4O. The molecular weight excluding hydrogens is 284 g/mol. The molecule has 0 aliphatic heterocycles. The van der Waals surface area contributed by atoms with Gasteiger partial charge in [0.1, 0.15) is 5.69 Å². The predicted octanol–water partition coefficient (Wildman–Crippen LogP) is 2.17. The number of halogens is 1. The summed E-state index contributed by atoms with van der Waals surface area (Å²) in [5.41, 5.74) is 6.20. The predicted molar refractivity (Wildman–Crippen MR) is 67.2 cm³/mol. The highest BCUT2D eigenvalue weighted by Gasteiger charge is 2.17. The largest absolute Gasteiger partial charge is 0.339 e. The monoisotopic (exact) mass is 296 g/mol. The summed E-state index contributed by atoms with van der Waals surface area (Å²) in [6.45, 7) is 3.82. The Bertz CT molecular complexity index is 501. The summed E-state index contributed by atoms with van der Waals surface area (Å²) in [4.78, 5) is 8.46. The smallest absolute Gasteiger partial charge is 0.228 e. The Morgan fingerprint density at radius 3 is 2.76 bits per heavy atom. The number of hydrogen-bond donors (Lipinski definition) is 1. The Labute approximate surface area is 108 Å². The lowest BCUT2D eigenvalue weighted by molar-refractivity contribution is 0.348. The van der Waals surface area contributed by atoms with Gasteiger partial charge >= 0.3 is 0 Å². The van der Waals surface area contributed by atoms with Gasteiger partial charge < -0.3 is 10.3 Å². The van der Waals surface area contributed by atoms with E-state index in [-0.39, 0.29) is 5.54 Å². The van der Waals surface area contributed by atoms with Gasteiger partial charge in [0.15, 0.2) is 0 Å². The SMILES string of the molecule is CC(C)(N)Cc1nc(-c2ccc(Br)cn2)no1. The normalized spacial score (nSPS) is 11.8. The Hall–Kier alpha value is -1.27. The van der Waals surface area contributed by atoms with Gasteiger partial charge in [-0.2, -0.15) is 4.98 Å². The van der Waals surface area contributed by atoms with Crippen LogP contribution in [0.2, 0.25) is 0 Å². The average Bonchev–Trinajstić information content (AvgIpc) is 2.64. The van der Waals surface area contributed by atoms with E-state index in [1.165, 1.54) is 0 Å². The second kappa shape index (κ2) is 4.54. The van der Waals surface area contributed by atoms with E-state index in [0.717, 1.165) is 4.47 Å². The number of rotatable bonds is 3. The maximum absolute atomic E-state index is 5.89. The van der Waals surface area contributed by atoms with Gasteiger partial charge in [-0.15, -0.1) is 0 Å². The molecule has 2 rings (SSSR count). The minimum absolute atomic E-state index is 0.364. The van der Waals surface area contributed by atoms with Crippen LogP contribution in [-0.4, -0.2) is 20.7 Å². The zero-order chi connectivity index (χ0) is 12.5. The van der Waals surface area contributed by atoms with E-state index in [1.807, 2.05) is 26.0 Å². The number of nitrogens with zero attached hydrogens (tertiary/aromatic N) is 3. The molecule has 2 heterocycles. The molecule has 0 aliphatic carbocycles. The summed E-state index contributed by atoms with van der Waals surface area (Å²) >= 11 is 3.32. The molecule has 90 valence electrons. The Kier molecular flexibility index (Phi) is 3.26. The van der Waals surface area contributed by atoms with Crippen molar-refractivity contribution in [2.45, 2.75) is 25.8 Å². The molecule has 2 N–H and O–H groups in total. The first-order valence-electron chi connectivity index (χ1n) is 5.17. The van der Waals surface area contributed by atoms with Crippen molar-refractivity contribution < 1.29 is 4.52 Å². The Balaban J connectivity index is 2.21. The maximum Gasteiger partial charge on any atom is 0.228 e. The number of hydrogen-bond acceptors (Lipinski definition) is 5. The summed E-state index contributed by atoms with van der Waals surface area (Å²) in [5.74, 6) is 1.01. The minimum atomic E-state index is -0.364. The van der Waals surface area contributed by atoms with Gasteiger partial charge in [-0.1, -0.05) is 5.16 Å². The van der Waals surface area contributed by atoms with Crippen molar-refractivity contribution in [3.05, 3.63) is 28.7 Å². The molecule has 17 heavy (non-hydrogen) atoms. The molecule has 0 radical (unpaired) electrons. The van der Waals surface area contributed by atoms with Gasteiger partial charge in [-0.05, 0) is 41.9 Å². The van der Waals surface area contributed by atoms with Crippen molar-refractivity contribution in [2.24, 2.45) is 5.73 Å². The number of nitrogens with two attached hydrogens (primary N) is 1. The quantitative estimate of drug-likeness (QED) is 0.939. The molecule has 2 aromatic rings. The molecule has 5 nitrogen and oxygen atoms in total. The fourth-order valence-corrected chi connectivity index (χ4v) is 1.56. The van der Waals surface area contributed by atoms with E-state index in [9.17, 15) is 0 Å². The Morgan fingerprint density at radius 1 is 1.41 bits per heavy atom. The minimum Gasteiger partial charge on any atom is -0.339 e. The fraction of sp³-hybridized carbons (Fsp3) is 0.364. The lowest BCUT2D eigenvalue weighted by Crippen LogP contribution is -2.34. The van der Waals surface area contributed by atoms with E-state index in [0.29, 0.717) is 23.8 Å². The third kappa shape index (κ3) is 3.34. The highest BCUT2D eigenvalue weighted by atomic mass is 79.9. The van der Waals surface area contributed by atoms with Crippen LogP contribution in [0.4, 0.5) is 0 Å². The topological polar surface area (TPSA) is 77.8 Å². The summed E-state index contributed by atoms with van der Waals surface area (Å²) in [7, 11) is 0. The molecule has 0 saturated heterocycles. The lowest BCUT2D eigenvalue weighted by Gasteiger charge is -2.14. The van der Waals surface area contributed by atoms with Gasteiger partial charge in [0.05, 0.1) is 0 Å². The fourth-order valence-electron chi connectivity index (χ4n) is 1.33. The number of pyridine rings is 1. The number of aromatic nitrogens is 3. The highest BCUT2D eigenvalue weighted by Crippen LogP contribution is 2.17. The van der Waals surface area contributed by atoms with E-state index in [1.54, 1.807) is 6.20 Å². The first-order valence-corrected chi connectivity index (χ1v) is 5.97. The molecule has 0 unspecified atom stereocenters. The van der Waals surface area contributed by atoms with Crippen LogP contribution in [0.3, 0.4) is 0 Å². The molecule has 6 heteroatoms. The van der Waals surface area contributed by atoms with Gasteiger partial charge in [-0.3, -0.25) is 4.98 Å². The molecule has 0 aliphatic rings. The van der Waals surface area contributed by atoms with E-state index < -0.39 is 0 Å². The molecule has 0 aromatic carbocycles. The summed E-state index contributed by atoms with van der Waals surface area (Å²) in [6, 6.07) is 3.71. The standard InChI is InChI=1S/C11H13BrN4O/c1-11(2,13)5-9-15-10(16-17-9)8-4-3-7(12)6-14-8/h3-4,6H,5,13H2,1-2H3. The third-order valence-corrected chi connectivity index (χ3v) is 2.50. The molecule has 0 bridgehead atoms. The summed E-state index contributed by atoms with van der Waals surface area (Å²) in [6.07, 6.45) is 2.23. The van der Waals surface area contributed by atoms with Crippen LogP contribution in [0.5, 0.6) is 0 Å². The molecule has 0 saturated carbocycles. The van der Waals surface area contributed by atoms with Crippen molar-refractivity contribution >= 4 is 15.9 Å². The Morgan fingerprint density at radius 2 is 2.18 bits per heavy atom. The zero-order valence-corrected chi connectivity index (χ0v) is 11.2. The maximum atomic E-state index is 5.89. The molecule has 0 fully saturated rings. The van der Waals surface area contributed by atoms with Crippen LogP contribution >= 0.6 is 15.9 Å². The molecule has 0 spiro atoms. The molecule has 0 atom stereocenters. The van der Waals surface area contributed by atoms with Crippen molar-refractivity contribution in [2.75, 3.05) is 0 Å². The second-order valence-electron chi connectivity index (χ2n) is 4.54. The van der Waals surface area contributed by atoms with E-state index in [2.05, 4.69) is 31.1 Å². The first-order chi connectivity index (χ1) is 7.94. The van der Waals surface area contributed by atoms with Crippen LogP contribution in [0, 0.1) is 0 Å². The molecule has 0 amide bonds. The van der Waals surface area contributed by atoms with Crippen molar-refractivity contribution in [3.63, 3.8) is 0 Å². The van der Waals surface area contributed by atoms with Crippen LogP contribution in [0.1, 0.15) is 19.7 Å². The first kappa shape index (κ1) is 12.2. The third-order valence-electron chi connectivity index (χ3n) is 2.03. The van der Waals surface area contributed by atoms with Crippen LogP contribution < -0.4 is 5.73 Å². The molecule has 2 aromatic heterocycles. The van der Waals surface area contributed by atoms with Crippen LogP contribution in [0.15, 0.2) is 27.3 Å². The van der Waals surface area contributed by atoms with Gasteiger partial charge in [0, 0.05) is 22.6 Å². The van der Waals surface area contributed by atoms with Gasteiger partial charge in [0.25, 0.3) is 0 Å². The van der Waals surface area contributed by atoms with E-state index >= 15 is 0 Å². The van der Waals surface area contributed by atoms with Crippen LogP contribution in [-0.2, 0) is 6.42 Å². The zero-order valence-electron chi connectivity index (χ0n) is 9.64. The second-order valence-corrected chi connectivity index (χ2v) is 5.45. The van der Waals surface area contributed by atoms with Crippen molar-refractivity contribution in [3.8, 4) is 11.5 Å². The average molecular weight is 297 g/mol. The van der Waals surface area contributed by atoms with Crippen molar-refractivity contribution in [1.82, 2.24) is 15.1 Å². The summed E-state index contributed by atoms with van der Waals surface area (Å²) in [5, 5.41) is 3.88. The van der Waals surface area contributed by atoms with Crippen LogP contribution in [0.25, 0.3) is 11.5 Å². The lowest BCUT2D eigenvalue weighted by atomic mass is 10.0. The van der Waals surface area contributed by atoms with Gasteiger partial charge in [-0.25, -0.2) is 0 Å².